The summed E-state index contributed by atoms with van der Waals surface area (Å²) >= 11 is 1.65. The van der Waals surface area contributed by atoms with Gasteiger partial charge in [0.2, 0.25) is 0 Å². The molecule has 1 N–H and O–H groups in total. The summed E-state index contributed by atoms with van der Waals surface area (Å²) in [5, 5.41) is 19.4. The fraction of sp³-hybridized carbons (Fsp3) is 0.552. The lowest BCUT2D eigenvalue weighted by atomic mass is 9.62. The van der Waals surface area contributed by atoms with Crippen molar-refractivity contribution in [2.24, 2.45) is 10.9 Å². The third-order valence-electron chi connectivity index (χ3n) is 8.87. The van der Waals surface area contributed by atoms with E-state index in [0.29, 0.717) is 35.1 Å². The minimum atomic E-state index is -0.327. The van der Waals surface area contributed by atoms with Gasteiger partial charge in [0.05, 0.1) is 17.6 Å². The highest BCUT2D eigenvalue weighted by Crippen LogP contribution is 2.55. The first-order valence-electron chi connectivity index (χ1n) is 14.0. The number of hydrogen-bond donors (Lipinski definition) is 1. The maximum absolute atomic E-state index is 10.3. The molecule has 2 fully saturated rings. The van der Waals surface area contributed by atoms with Crippen LogP contribution in [0, 0.1) is 17.2 Å². The first kappa shape index (κ1) is 24.7. The normalized spacial score (nSPS) is 27.6. The van der Waals surface area contributed by atoms with Crippen LogP contribution in [0.5, 0.6) is 6.01 Å². The van der Waals surface area contributed by atoms with Gasteiger partial charge in [-0.2, -0.15) is 10.2 Å². The Morgan fingerprint density at radius 2 is 2.15 bits per heavy atom. The molecule has 9 nitrogen and oxygen atoms in total. The smallest absolute Gasteiger partial charge is 0.317 e. The molecule has 3 aromatic heterocycles. The fourth-order valence-corrected chi connectivity index (χ4v) is 8.19. The Labute approximate surface area is 232 Å². The Morgan fingerprint density at radius 3 is 2.92 bits per heavy atom. The number of fused-ring (bicyclic) bond motifs is 5. The van der Waals surface area contributed by atoms with Crippen molar-refractivity contribution in [2.75, 3.05) is 14.1 Å². The Morgan fingerprint density at radius 1 is 1.31 bits per heavy atom. The maximum Gasteiger partial charge on any atom is 0.317 e. The first-order chi connectivity index (χ1) is 19.0. The van der Waals surface area contributed by atoms with Crippen LogP contribution in [-0.4, -0.2) is 58.6 Å². The molecule has 202 valence electrons. The average molecular weight is 544 g/mol. The molecular weight excluding hydrogens is 510 g/mol. The summed E-state index contributed by atoms with van der Waals surface area (Å²) in [7, 11) is 3.87. The van der Waals surface area contributed by atoms with Crippen LogP contribution in [0.15, 0.2) is 21.8 Å². The number of ether oxygens (including phenoxy) is 1. The van der Waals surface area contributed by atoms with E-state index >= 15 is 0 Å². The lowest BCUT2D eigenvalue weighted by Crippen LogP contribution is -2.39. The van der Waals surface area contributed by atoms with E-state index in [0.717, 1.165) is 72.7 Å². The molecule has 0 aromatic carbocycles. The van der Waals surface area contributed by atoms with Crippen molar-refractivity contribution in [3.8, 4) is 23.5 Å². The van der Waals surface area contributed by atoms with Crippen LogP contribution >= 0.6 is 11.3 Å². The van der Waals surface area contributed by atoms with Crippen molar-refractivity contribution in [2.45, 2.75) is 81.9 Å². The van der Waals surface area contributed by atoms with Gasteiger partial charge in [-0.15, -0.1) is 11.3 Å². The zero-order valence-corrected chi connectivity index (χ0v) is 23.4. The van der Waals surface area contributed by atoms with Crippen LogP contribution in [0.4, 0.5) is 5.00 Å². The predicted octanol–water partition coefficient (Wildman–Crippen LogP) is 4.76. The van der Waals surface area contributed by atoms with Crippen LogP contribution in [0.1, 0.15) is 72.7 Å². The topological polar surface area (TPSA) is 112 Å². The van der Waals surface area contributed by atoms with E-state index in [1.165, 1.54) is 11.3 Å². The van der Waals surface area contributed by atoms with Crippen molar-refractivity contribution in [3.63, 3.8) is 0 Å². The summed E-state index contributed by atoms with van der Waals surface area (Å²) in [6.07, 6.45) is 11.7. The minimum absolute atomic E-state index is 0.00651. The van der Waals surface area contributed by atoms with Gasteiger partial charge in [0, 0.05) is 48.2 Å². The molecule has 4 aliphatic rings. The third-order valence-corrected chi connectivity index (χ3v) is 10.0. The van der Waals surface area contributed by atoms with Gasteiger partial charge in [-0.1, -0.05) is 5.16 Å². The number of piperidine rings is 1. The first-order valence-corrected chi connectivity index (χ1v) is 14.8. The van der Waals surface area contributed by atoms with Crippen LogP contribution < -0.4 is 10.1 Å². The van der Waals surface area contributed by atoms with Crippen LogP contribution in [0.25, 0.3) is 11.5 Å². The molecule has 39 heavy (non-hydrogen) atoms. The van der Waals surface area contributed by atoms with E-state index in [1.807, 2.05) is 25.1 Å². The fourth-order valence-electron chi connectivity index (χ4n) is 6.96. The van der Waals surface area contributed by atoms with Crippen LogP contribution in [-0.2, 0) is 18.3 Å². The molecule has 10 heteroatoms. The summed E-state index contributed by atoms with van der Waals surface area (Å²) < 4.78 is 12.2. The largest absolute Gasteiger partial charge is 0.459 e. The van der Waals surface area contributed by atoms with Gasteiger partial charge in [-0.3, -0.25) is 0 Å². The van der Waals surface area contributed by atoms with Gasteiger partial charge in [0.1, 0.15) is 22.9 Å². The molecular formula is C29H33N7O2S. The highest BCUT2D eigenvalue weighted by molar-refractivity contribution is 7.16. The van der Waals surface area contributed by atoms with Crippen molar-refractivity contribution < 1.29 is 9.26 Å². The summed E-state index contributed by atoms with van der Waals surface area (Å²) in [5.74, 6) is 1.50. The Bertz CT molecular complexity index is 1470. The molecule has 1 aliphatic heterocycles. The number of nitrogens with one attached hydrogen (secondary N) is 1. The SMILES string of the molecule is C[C@H](Oc1nccc(-c2onc3c2CCC[C@@]32CCCc3sc(/N=C/N(C)C)c(C#N)c32)n1)[C@@H]1C[C@@H]2C[C@@H]2N1. The quantitative estimate of drug-likeness (QED) is 0.350. The van der Waals surface area contributed by atoms with Gasteiger partial charge in [-0.25, -0.2) is 9.98 Å². The van der Waals surface area contributed by atoms with E-state index in [-0.39, 0.29) is 11.5 Å². The van der Waals surface area contributed by atoms with Crippen LogP contribution in [0.2, 0.25) is 0 Å². The van der Waals surface area contributed by atoms with Crippen molar-refractivity contribution in [1.29, 1.82) is 5.26 Å². The van der Waals surface area contributed by atoms with Gasteiger partial charge in [-0.05, 0) is 75.8 Å². The number of nitrogens with zero attached hydrogens (tertiary/aromatic N) is 6. The lowest BCUT2D eigenvalue weighted by molar-refractivity contribution is 0.159. The van der Waals surface area contributed by atoms with E-state index in [9.17, 15) is 5.26 Å². The van der Waals surface area contributed by atoms with Crippen molar-refractivity contribution in [3.05, 3.63) is 39.5 Å². The molecule has 1 spiro atoms. The third kappa shape index (κ3) is 4.14. The highest BCUT2D eigenvalue weighted by atomic mass is 32.1. The minimum Gasteiger partial charge on any atom is -0.459 e. The maximum atomic E-state index is 10.3. The van der Waals surface area contributed by atoms with E-state index < -0.39 is 0 Å². The second-order valence-corrected chi connectivity index (χ2v) is 12.8. The van der Waals surface area contributed by atoms with Gasteiger partial charge in [0.25, 0.3) is 0 Å². The van der Waals surface area contributed by atoms with Gasteiger partial charge >= 0.3 is 6.01 Å². The molecule has 0 amide bonds. The number of rotatable bonds is 6. The summed E-state index contributed by atoms with van der Waals surface area (Å²) in [6, 6.07) is 5.74. The monoisotopic (exact) mass is 543 g/mol. The number of aryl methyl sites for hydroxylation is 1. The second kappa shape index (κ2) is 9.42. The number of nitriles is 1. The number of hydrogen-bond acceptors (Lipinski definition) is 9. The molecule has 3 aromatic rings. The molecule has 0 unspecified atom stereocenters. The lowest BCUT2D eigenvalue weighted by Gasteiger charge is -2.39. The predicted molar refractivity (Wildman–Crippen MR) is 149 cm³/mol. The summed E-state index contributed by atoms with van der Waals surface area (Å²) in [6.45, 7) is 2.09. The number of thiophene rings is 1. The van der Waals surface area contributed by atoms with E-state index in [1.54, 1.807) is 23.9 Å². The zero-order valence-electron chi connectivity index (χ0n) is 22.6. The zero-order chi connectivity index (χ0) is 26.7. The molecule has 5 atom stereocenters. The summed E-state index contributed by atoms with van der Waals surface area (Å²) in [5.41, 5.74) is 4.24. The van der Waals surface area contributed by atoms with Crippen molar-refractivity contribution >= 4 is 22.7 Å². The Hall–Kier alpha value is -3.29. The number of aliphatic imine (C=N–C) groups is 1. The number of aromatic nitrogens is 3. The molecule has 1 saturated carbocycles. The Kier molecular flexibility index (Phi) is 5.97. The second-order valence-electron chi connectivity index (χ2n) is 11.7. The molecule has 7 rings (SSSR count). The van der Waals surface area contributed by atoms with Gasteiger partial charge in [0.15, 0.2) is 5.76 Å². The van der Waals surface area contributed by atoms with Crippen LogP contribution in [0.3, 0.4) is 0 Å². The molecule has 3 aliphatic carbocycles. The van der Waals surface area contributed by atoms with Gasteiger partial charge < -0.3 is 19.5 Å². The summed E-state index contributed by atoms with van der Waals surface area (Å²) in [4.78, 5) is 17.0. The Balaban J connectivity index is 1.23. The highest BCUT2D eigenvalue weighted by Gasteiger charge is 2.49. The van der Waals surface area contributed by atoms with E-state index in [4.69, 9.17) is 19.4 Å². The molecule has 0 radical (unpaired) electrons. The molecule has 0 bridgehead atoms. The average Bonchev–Trinajstić information content (AvgIpc) is 3.27. The molecule has 4 heterocycles. The van der Waals surface area contributed by atoms with Crippen molar-refractivity contribution in [1.82, 2.24) is 25.3 Å². The molecule has 1 saturated heterocycles. The van der Waals surface area contributed by atoms with E-state index in [2.05, 4.69) is 28.3 Å². The standard InChI is InChI=1S/C29H33N7O2S/c1-16(21-12-17-13-22(17)33-21)37-28-31-11-8-20(34-28)25-18-6-4-9-29(26(18)35-38-25)10-5-7-23-24(29)19(14-30)27(39-23)32-15-36(2)3/h8,11,15-17,21-22,33H,4-7,9-10,12-13H2,1-3H3/b32-15+/t16-,17+,21-,22-,29-/m0/s1.